The van der Waals surface area contributed by atoms with Crippen LogP contribution in [0.2, 0.25) is 0 Å². The molecule has 6 heteroatoms. The molecule has 4 N–H and O–H groups in total. The van der Waals surface area contributed by atoms with Crippen LogP contribution < -0.4 is 16.2 Å². The highest BCUT2D eigenvalue weighted by Crippen LogP contribution is 2.35. The largest absolute Gasteiger partial charge is 0.497 e. The molecule has 3 aromatic rings. The van der Waals surface area contributed by atoms with Gasteiger partial charge in [0.25, 0.3) is 0 Å². The Morgan fingerprint density at radius 2 is 1.81 bits per heavy atom. The Labute approximate surface area is 189 Å². The number of aryl methyl sites for hydroxylation is 3. The van der Waals surface area contributed by atoms with Crippen LogP contribution in [0.5, 0.6) is 5.75 Å². The number of aromatic nitrogens is 1. The van der Waals surface area contributed by atoms with Crippen LogP contribution in [0.3, 0.4) is 0 Å². The van der Waals surface area contributed by atoms with Gasteiger partial charge in [0.2, 0.25) is 5.91 Å². The third-order valence-electron chi connectivity index (χ3n) is 5.47. The first kappa shape index (κ1) is 22.9. The molecular formula is C26H30N4O2. The molecule has 166 valence electrons. The Hall–Kier alpha value is -3.80. The van der Waals surface area contributed by atoms with Crippen molar-refractivity contribution in [1.82, 2.24) is 9.88 Å². The molecule has 6 nitrogen and oxygen atoms in total. The molecule has 0 spiro atoms. The van der Waals surface area contributed by atoms with Gasteiger partial charge in [0.1, 0.15) is 17.6 Å². The number of nitrogens with zero attached hydrogens (tertiary/aromatic N) is 2. The number of hydrogen-bond acceptors (Lipinski definition) is 5. The molecule has 1 aromatic heterocycles. The molecule has 0 bridgehead atoms. The predicted octanol–water partition coefficient (Wildman–Crippen LogP) is 4.30. The monoisotopic (exact) mass is 430 g/mol. The van der Waals surface area contributed by atoms with Gasteiger partial charge in [-0.3, -0.25) is 4.79 Å². The van der Waals surface area contributed by atoms with Crippen LogP contribution in [-0.4, -0.2) is 22.9 Å². The number of anilines is 1. The molecule has 1 heterocycles. The standard InChI is InChI=1S/C26H30N4O2/c1-16-9-11-20(12-10-16)15-30(19(4)23-17(2)13-18(3)29-25(23)27)24(26(28)31)21-7-6-8-22(14-21)32-5/h6-14,24H,4,15H2,1-3,5H3,(H2,27,29)(H2,28,31). The number of ether oxygens (including phenoxy) is 1. The number of methoxy groups -OCH3 is 1. The van der Waals surface area contributed by atoms with E-state index in [2.05, 4.69) is 11.6 Å². The number of pyridine rings is 1. The molecule has 1 unspecified atom stereocenters. The summed E-state index contributed by atoms with van der Waals surface area (Å²) in [5.74, 6) is 0.514. The Kier molecular flexibility index (Phi) is 6.83. The summed E-state index contributed by atoms with van der Waals surface area (Å²) in [6.07, 6.45) is 0. The molecular weight excluding hydrogens is 400 g/mol. The Morgan fingerprint density at radius 3 is 2.41 bits per heavy atom. The van der Waals surface area contributed by atoms with Gasteiger partial charge in [-0.15, -0.1) is 0 Å². The summed E-state index contributed by atoms with van der Waals surface area (Å²) in [6.45, 7) is 10.6. The molecule has 0 radical (unpaired) electrons. The summed E-state index contributed by atoms with van der Waals surface area (Å²) in [5, 5.41) is 0. The lowest BCUT2D eigenvalue weighted by molar-refractivity contribution is -0.122. The summed E-state index contributed by atoms with van der Waals surface area (Å²) >= 11 is 0. The SMILES string of the molecule is C=C(c1c(C)cc(C)nc1N)N(Cc1ccc(C)cc1)C(C(N)=O)c1cccc(OC)c1. The highest BCUT2D eigenvalue weighted by molar-refractivity contribution is 5.85. The number of nitrogens with two attached hydrogens (primary N) is 2. The minimum absolute atomic E-state index is 0.371. The van der Waals surface area contributed by atoms with E-state index in [-0.39, 0.29) is 0 Å². The van der Waals surface area contributed by atoms with Gasteiger partial charge < -0.3 is 21.1 Å². The molecule has 0 aliphatic rings. The number of nitrogen functional groups attached to an aromatic ring is 1. The Balaban J connectivity index is 2.15. The van der Waals surface area contributed by atoms with Crippen LogP contribution in [-0.2, 0) is 11.3 Å². The quantitative estimate of drug-likeness (QED) is 0.556. The van der Waals surface area contributed by atoms with Crippen LogP contribution in [0.15, 0.2) is 61.2 Å². The maximum absolute atomic E-state index is 12.8. The molecule has 3 rings (SSSR count). The molecule has 0 saturated heterocycles. The second kappa shape index (κ2) is 9.56. The van der Waals surface area contributed by atoms with Crippen molar-refractivity contribution in [3.05, 3.63) is 94.7 Å². The van der Waals surface area contributed by atoms with Crippen molar-refractivity contribution in [2.75, 3.05) is 12.8 Å². The molecule has 1 amide bonds. The Bertz CT molecular complexity index is 1120. The summed E-state index contributed by atoms with van der Waals surface area (Å²) in [6, 6.07) is 16.6. The van der Waals surface area contributed by atoms with E-state index in [4.69, 9.17) is 16.2 Å². The average molecular weight is 431 g/mol. The smallest absolute Gasteiger partial charge is 0.244 e. The maximum atomic E-state index is 12.8. The van der Waals surface area contributed by atoms with E-state index in [1.807, 2.05) is 80.3 Å². The molecule has 0 saturated carbocycles. The van der Waals surface area contributed by atoms with E-state index in [0.717, 1.165) is 22.4 Å². The number of amides is 1. The first-order chi connectivity index (χ1) is 15.2. The third-order valence-corrected chi connectivity index (χ3v) is 5.47. The van der Waals surface area contributed by atoms with Crippen LogP contribution in [0.25, 0.3) is 5.70 Å². The van der Waals surface area contributed by atoms with Crippen molar-refractivity contribution in [3.63, 3.8) is 0 Å². The number of rotatable bonds is 8. The maximum Gasteiger partial charge on any atom is 0.244 e. The first-order valence-corrected chi connectivity index (χ1v) is 10.4. The van der Waals surface area contributed by atoms with Gasteiger partial charge >= 0.3 is 0 Å². The van der Waals surface area contributed by atoms with Crippen LogP contribution >= 0.6 is 0 Å². The van der Waals surface area contributed by atoms with Crippen molar-refractivity contribution >= 4 is 17.4 Å². The van der Waals surface area contributed by atoms with Gasteiger partial charge in [-0.25, -0.2) is 4.98 Å². The highest BCUT2D eigenvalue weighted by atomic mass is 16.5. The van der Waals surface area contributed by atoms with Crippen LogP contribution in [0.1, 0.15) is 39.6 Å². The van der Waals surface area contributed by atoms with E-state index < -0.39 is 11.9 Å². The number of carbonyl (C=O) groups excluding carboxylic acids is 1. The summed E-state index contributed by atoms with van der Waals surface area (Å²) in [7, 11) is 1.59. The Morgan fingerprint density at radius 1 is 1.12 bits per heavy atom. The first-order valence-electron chi connectivity index (χ1n) is 10.4. The van der Waals surface area contributed by atoms with Gasteiger partial charge in [-0.1, -0.05) is 48.5 Å². The lowest BCUT2D eigenvalue weighted by Gasteiger charge is -2.34. The topological polar surface area (TPSA) is 94.5 Å². The average Bonchev–Trinajstić information content (AvgIpc) is 2.74. The van der Waals surface area contributed by atoms with Crippen molar-refractivity contribution in [2.45, 2.75) is 33.4 Å². The lowest BCUT2D eigenvalue weighted by atomic mass is 9.98. The van der Waals surface area contributed by atoms with Gasteiger partial charge in [0, 0.05) is 23.5 Å². The summed E-state index contributed by atoms with van der Waals surface area (Å²) in [4.78, 5) is 19.1. The third kappa shape index (κ3) is 4.91. The van der Waals surface area contributed by atoms with Crippen molar-refractivity contribution in [3.8, 4) is 5.75 Å². The van der Waals surface area contributed by atoms with Crippen LogP contribution in [0.4, 0.5) is 5.82 Å². The highest BCUT2D eigenvalue weighted by Gasteiger charge is 2.29. The zero-order valence-corrected chi connectivity index (χ0v) is 19.1. The number of primary amides is 1. The fourth-order valence-corrected chi connectivity index (χ4v) is 3.93. The molecule has 0 aliphatic heterocycles. The van der Waals surface area contributed by atoms with Gasteiger partial charge in [-0.05, 0) is 55.7 Å². The summed E-state index contributed by atoms with van der Waals surface area (Å²) < 4.78 is 5.37. The van der Waals surface area contributed by atoms with Crippen molar-refractivity contribution in [1.29, 1.82) is 0 Å². The second-order valence-corrected chi connectivity index (χ2v) is 7.98. The second-order valence-electron chi connectivity index (χ2n) is 7.98. The molecule has 2 aromatic carbocycles. The zero-order valence-electron chi connectivity index (χ0n) is 19.1. The van der Waals surface area contributed by atoms with E-state index in [1.54, 1.807) is 7.11 Å². The fourth-order valence-electron chi connectivity index (χ4n) is 3.93. The fraction of sp³-hybridized carbons (Fsp3) is 0.231. The van der Waals surface area contributed by atoms with E-state index in [1.165, 1.54) is 0 Å². The molecule has 1 atom stereocenters. The number of hydrogen-bond donors (Lipinski definition) is 2. The number of carbonyl (C=O) groups is 1. The van der Waals surface area contributed by atoms with Crippen LogP contribution in [0, 0.1) is 20.8 Å². The molecule has 32 heavy (non-hydrogen) atoms. The molecule has 0 fully saturated rings. The van der Waals surface area contributed by atoms with E-state index in [0.29, 0.717) is 34.9 Å². The predicted molar refractivity (Wildman–Crippen MR) is 129 cm³/mol. The minimum atomic E-state index is -0.779. The lowest BCUT2D eigenvalue weighted by Crippen LogP contribution is -2.36. The van der Waals surface area contributed by atoms with Crippen molar-refractivity contribution < 1.29 is 9.53 Å². The number of benzene rings is 2. The van der Waals surface area contributed by atoms with E-state index in [9.17, 15) is 4.79 Å². The van der Waals surface area contributed by atoms with Gasteiger partial charge in [0.15, 0.2) is 0 Å². The summed E-state index contributed by atoms with van der Waals surface area (Å²) in [5.41, 5.74) is 18.2. The zero-order chi connectivity index (χ0) is 23.4. The minimum Gasteiger partial charge on any atom is -0.497 e. The molecule has 0 aliphatic carbocycles. The van der Waals surface area contributed by atoms with Gasteiger partial charge in [0.05, 0.1) is 7.11 Å². The van der Waals surface area contributed by atoms with Gasteiger partial charge in [-0.2, -0.15) is 0 Å². The van der Waals surface area contributed by atoms with Crippen molar-refractivity contribution in [2.24, 2.45) is 5.73 Å². The normalized spacial score (nSPS) is 11.6. The van der Waals surface area contributed by atoms with E-state index >= 15 is 0 Å².